The zero-order chi connectivity index (χ0) is 15.2. The van der Waals surface area contributed by atoms with E-state index in [-0.39, 0.29) is 10.6 Å². The molecule has 2 aromatic rings. The molecule has 0 atom stereocenters. The first-order valence-corrected chi connectivity index (χ1v) is 8.17. The van der Waals surface area contributed by atoms with E-state index in [4.69, 9.17) is 11.6 Å². The van der Waals surface area contributed by atoms with Crippen LogP contribution in [0.15, 0.2) is 28.6 Å². The van der Waals surface area contributed by atoms with E-state index in [2.05, 4.69) is 15.5 Å². The number of thioether (sulfide) groups is 1. The first-order valence-electron chi connectivity index (χ1n) is 5.99. The molecule has 1 aromatic heterocycles. The molecular weight excluding hydrogens is 333 g/mol. The van der Waals surface area contributed by atoms with E-state index >= 15 is 0 Å². The van der Waals surface area contributed by atoms with Crippen molar-refractivity contribution in [3.8, 4) is 0 Å². The van der Waals surface area contributed by atoms with E-state index < -0.39 is 11.7 Å². The molecule has 8 heteroatoms. The van der Waals surface area contributed by atoms with Crippen LogP contribution in [0, 0.1) is 5.82 Å². The second-order valence-electron chi connectivity index (χ2n) is 3.76. The van der Waals surface area contributed by atoms with Gasteiger partial charge in [-0.3, -0.25) is 10.1 Å². The van der Waals surface area contributed by atoms with Crippen molar-refractivity contribution in [1.82, 2.24) is 10.2 Å². The van der Waals surface area contributed by atoms with Gasteiger partial charge in [-0.2, -0.15) is 0 Å². The Morgan fingerprint density at radius 2 is 2.33 bits per heavy atom. The monoisotopic (exact) mass is 343 g/mol. The molecule has 0 saturated carbocycles. The van der Waals surface area contributed by atoms with Crippen LogP contribution in [0.25, 0.3) is 6.08 Å². The Kier molecular flexibility index (Phi) is 5.72. The summed E-state index contributed by atoms with van der Waals surface area (Å²) in [6.45, 7) is 2.01. The molecule has 0 aliphatic carbocycles. The Bertz CT molecular complexity index is 655. The number of hydrogen-bond donors (Lipinski definition) is 1. The lowest BCUT2D eigenvalue weighted by Gasteiger charge is -1.99. The Hall–Kier alpha value is -1.44. The standard InChI is InChI=1S/C13H11ClFN3OS2/c1-2-20-13-18-17-12(21-13)16-11(19)7-6-8-9(14)4-3-5-10(8)15/h3-7H,2H2,1H3,(H,16,17,19)/b7-6+. The van der Waals surface area contributed by atoms with Crippen LogP contribution in [0.4, 0.5) is 9.52 Å². The van der Waals surface area contributed by atoms with Crippen LogP contribution in [0.3, 0.4) is 0 Å². The molecule has 0 unspecified atom stereocenters. The zero-order valence-corrected chi connectivity index (χ0v) is 13.4. The lowest BCUT2D eigenvalue weighted by Crippen LogP contribution is -2.07. The largest absolute Gasteiger partial charge is 0.297 e. The number of carbonyl (C=O) groups is 1. The number of nitrogens with zero attached hydrogens (tertiary/aromatic N) is 2. The maximum absolute atomic E-state index is 13.5. The molecule has 0 aliphatic rings. The van der Waals surface area contributed by atoms with E-state index in [9.17, 15) is 9.18 Å². The number of rotatable bonds is 5. The summed E-state index contributed by atoms with van der Waals surface area (Å²) in [5, 5.41) is 11.0. The van der Waals surface area contributed by atoms with Crippen LogP contribution >= 0.6 is 34.7 Å². The number of anilines is 1. The average molecular weight is 344 g/mol. The van der Waals surface area contributed by atoms with Crippen molar-refractivity contribution in [3.63, 3.8) is 0 Å². The third-order valence-corrected chi connectivity index (χ3v) is 4.49. The van der Waals surface area contributed by atoms with Gasteiger partial charge < -0.3 is 0 Å². The summed E-state index contributed by atoms with van der Waals surface area (Å²) in [6, 6.07) is 4.34. The smallest absolute Gasteiger partial charge is 0.250 e. The number of benzene rings is 1. The predicted octanol–water partition coefficient (Wildman–Crippen LogP) is 4.09. The highest BCUT2D eigenvalue weighted by molar-refractivity contribution is 8.01. The van der Waals surface area contributed by atoms with Gasteiger partial charge in [0.15, 0.2) is 4.34 Å². The quantitative estimate of drug-likeness (QED) is 0.504. The highest BCUT2D eigenvalue weighted by atomic mass is 35.5. The molecule has 1 aromatic carbocycles. The zero-order valence-electron chi connectivity index (χ0n) is 11.0. The summed E-state index contributed by atoms with van der Waals surface area (Å²) >= 11 is 8.70. The van der Waals surface area contributed by atoms with Gasteiger partial charge in [0, 0.05) is 11.6 Å². The van der Waals surface area contributed by atoms with E-state index in [1.807, 2.05) is 6.92 Å². The van der Waals surface area contributed by atoms with Crippen molar-refractivity contribution in [3.05, 3.63) is 40.7 Å². The molecule has 1 amide bonds. The van der Waals surface area contributed by atoms with Gasteiger partial charge in [-0.05, 0) is 24.0 Å². The van der Waals surface area contributed by atoms with Gasteiger partial charge >= 0.3 is 0 Å². The van der Waals surface area contributed by atoms with Crippen LogP contribution in [0.5, 0.6) is 0 Å². The fourth-order valence-electron chi connectivity index (χ4n) is 1.42. The first-order chi connectivity index (χ1) is 10.1. The van der Waals surface area contributed by atoms with Gasteiger partial charge in [0.1, 0.15) is 5.82 Å². The molecular formula is C13H11ClFN3OS2. The average Bonchev–Trinajstić information content (AvgIpc) is 2.86. The van der Waals surface area contributed by atoms with Gasteiger partial charge in [0.2, 0.25) is 11.0 Å². The topological polar surface area (TPSA) is 54.9 Å². The predicted molar refractivity (Wildman–Crippen MR) is 85.4 cm³/mol. The summed E-state index contributed by atoms with van der Waals surface area (Å²) in [7, 11) is 0. The van der Waals surface area contributed by atoms with Crippen molar-refractivity contribution in [2.75, 3.05) is 11.1 Å². The SMILES string of the molecule is CCSc1nnc(NC(=O)/C=C/c2c(F)cccc2Cl)s1. The molecule has 1 N–H and O–H groups in total. The lowest BCUT2D eigenvalue weighted by atomic mass is 10.2. The second kappa shape index (κ2) is 7.53. The fourth-order valence-corrected chi connectivity index (χ4v) is 3.30. The molecule has 1 heterocycles. The van der Waals surface area contributed by atoms with Crippen molar-refractivity contribution in [2.45, 2.75) is 11.3 Å². The van der Waals surface area contributed by atoms with Gasteiger partial charge in [0.25, 0.3) is 0 Å². The Labute approximate surface area is 134 Å². The van der Waals surface area contributed by atoms with E-state index in [0.29, 0.717) is 5.13 Å². The second-order valence-corrected chi connectivity index (χ2v) is 6.66. The first kappa shape index (κ1) is 15.9. The number of nitrogens with one attached hydrogen (secondary N) is 1. The van der Waals surface area contributed by atoms with E-state index in [0.717, 1.165) is 10.1 Å². The molecule has 0 radical (unpaired) electrons. The number of halogens is 2. The third kappa shape index (κ3) is 4.52. The Balaban J connectivity index is 2.02. The Morgan fingerprint density at radius 3 is 3.05 bits per heavy atom. The maximum atomic E-state index is 13.5. The molecule has 110 valence electrons. The molecule has 4 nitrogen and oxygen atoms in total. The molecule has 0 saturated heterocycles. The maximum Gasteiger partial charge on any atom is 0.250 e. The van der Waals surface area contributed by atoms with Crippen LogP contribution in [-0.2, 0) is 4.79 Å². The van der Waals surface area contributed by atoms with Crippen LogP contribution in [0.2, 0.25) is 5.02 Å². The van der Waals surface area contributed by atoms with Gasteiger partial charge in [-0.25, -0.2) is 4.39 Å². The van der Waals surface area contributed by atoms with Gasteiger partial charge in [-0.15, -0.1) is 10.2 Å². The van der Waals surface area contributed by atoms with Crippen LogP contribution < -0.4 is 5.32 Å². The summed E-state index contributed by atoms with van der Waals surface area (Å²) in [5.41, 5.74) is 0.175. The minimum atomic E-state index is -0.482. The minimum Gasteiger partial charge on any atom is -0.297 e. The van der Waals surface area contributed by atoms with E-state index in [1.165, 1.54) is 35.6 Å². The molecule has 0 spiro atoms. The summed E-state index contributed by atoms with van der Waals surface area (Å²) < 4.78 is 14.3. The fraction of sp³-hybridized carbons (Fsp3) is 0.154. The van der Waals surface area contributed by atoms with Crippen LogP contribution in [0.1, 0.15) is 12.5 Å². The molecule has 2 rings (SSSR count). The summed E-state index contributed by atoms with van der Waals surface area (Å²) in [5.74, 6) is -0.0172. The van der Waals surface area contributed by atoms with Crippen molar-refractivity contribution in [2.24, 2.45) is 0 Å². The molecule has 0 fully saturated rings. The van der Waals surface area contributed by atoms with Crippen molar-refractivity contribution >= 4 is 51.8 Å². The van der Waals surface area contributed by atoms with Gasteiger partial charge in [-0.1, -0.05) is 47.7 Å². The Morgan fingerprint density at radius 1 is 1.52 bits per heavy atom. The number of hydrogen-bond acceptors (Lipinski definition) is 5. The van der Waals surface area contributed by atoms with Crippen molar-refractivity contribution in [1.29, 1.82) is 0 Å². The normalized spacial score (nSPS) is 11.0. The number of aromatic nitrogens is 2. The molecule has 21 heavy (non-hydrogen) atoms. The minimum absolute atomic E-state index is 0.175. The highest BCUT2D eigenvalue weighted by Crippen LogP contribution is 2.25. The van der Waals surface area contributed by atoms with E-state index in [1.54, 1.807) is 17.8 Å². The van der Waals surface area contributed by atoms with Crippen LogP contribution in [-0.4, -0.2) is 21.9 Å². The number of amides is 1. The summed E-state index contributed by atoms with van der Waals surface area (Å²) in [4.78, 5) is 11.7. The molecule has 0 aliphatic heterocycles. The lowest BCUT2D eigenvalue weighted by molar-refractivity contribution is -0.111. The highest BCUT2D eigenvalue weighted by Gasteiger charge is 2.07. The van der Waals surface area contributed by atoms with Gasteiger partial charge in [0.05, 0.1) is 5.02 Å². The molecule has 0 bridgehead atoms. The third-order valence-electron chi connectivity index (χ3n) is 2.31. The summed E-state index contributed by atoms with van der Waals surface area (Å²) in [6.07, 6.45) is 2.54. The number of carbonyl (C=O) groups excluding carboxylic acids is 1. The van der Waals surface area contributed by atoms with Crippen molar-refractivity contribution < 1.29 is 9.18 Å².